The number of para-hydroxylation sites is 1. The molecule has 6 rings (SSSR count). The molecule has 3 heterocycles. The minimum Gasteiger partial charge on any atom is -0.399 e. The van der Waals surface area contributed by atoms with Gasteiger partial charge in [0.15, 0.2) is 0 Å². The molecule has 0 saturated carbocycles. The molecule has 0 radical (unpaired) electrons. The Hall–Kier alpha value is -2.89. The van der Waals surface area contributed by atoms with Gasteiger partial charge < -0.3 is 9.31 Å². The van der Waals surface area contributed by atoms with Crippen molar-refractivity contribution in [1.82, 2.24) is 4.40 Å². The van der Waals surface area contributed by atoms with Crippen LogP contribution in [-0.4, -0.2) is 22.7 Å². The third-order valence-electron chi connectivity index (χ3n) is 6.99. The molecule has 0 unspecified atom stereocenters. The van der Waals surface area contributed by atoms with E-state index in [4.69, 9.17) is 9.31 Å². The Morgan fingerprint density at radius 1 is 0.733 bits per heavy atom. The Kier molecular flexibility index (Phi) is 3.36. The van der Waals surface area contributed by atoms with Gasteiger partial charge in [0, 0.05) is 21.5 Å². The average Bonchev–Trinajstić information content (AvgIpc) is 3.17. The van der Waals surface area contributed by atoms with Gasteiger partial charge >= 0.3 is 7.12 Å². The Morgan fingerprint density at radius 3 is 2.03 bits per heavy atom. The van der Waals surface area contributed by atoms with Crippen LogP contribution in [0.15, 0.2) is 65.5 Å². The maximum Gasteiger partial charge on any atom is 0.494 e. The van der Waals surface area contributed by atoms with Crippen LogP contribution in [-0.2, 0) is 9.31 Å². The predicted molar refractivity (Wildman–Crippen MR) is 123 cm³/mol. The minimum atomic E-state index is -0.462. The molecule has 0 spiro atoms. The van der Waals surface area contributed by atoms with Gasteiger partial charge in [0.05, 0.1) is 22.2 Å². The Morgan fingerprint density at radius 2 is 1.33 bits per heavy atom. The molecule has 4 nitrogen and oxygen atoms in total. The summed E-state index contributed by atoms with van der Waals surface area (Å²) in [5.74, 6) is 0. The van der Waals surface area contributed by atoms with E-state index in [2.05, 4.69) is 30.3 Å². The molecule has 0 N–H and O–H groups in total. The van der Waals surface area contributed by atoms with Crippen molar-refractivity contribution in [2.45, 2.75) is 38.9 Å². The first-order valence-corrected chi connectivity index (χ1v) is 10.4. The largest absolute Gasteiger partial charge is 0.494 e. The van der Waals surface area contributed by atoms with E-state index in [0.717, 1.165) is 43.4 Å². The molecule has 30 heavy (non-hydrogen) atoms. The third-order valence-corrected chi connectivity index (χ3v) is 6.99. The van der Waals surface area contributed by atoms with Gasteiger partial charge in [0.1, 0.15) is 0 Å². The van der Waals surface area contributed by atoms with E-state index in [9.17, 15) is 4.79 Å². The van der Waals surface area contributed by atoms with Crippen LogP contribution in [0.5, 0.6) is 0 Å². The molecule has 2 aromatic heterocycles. The summed E-state index contributed by atoms with van der Waals surface area (Å²) in [5, 5.41) is 4.97. The van der Waals surface area contributed by atoms with Crippen molar-refractivity contribution >= 4 is 50.5 Å². The van der Waals surface area contributed by atoms with Crippen molar-refractivity contribution < 1.29 is 9.31 Å². The summed E-state index contributed by atoms with van der Waals surface area (Å²) in [5.41, 5.74) is 1.98. The number of nitrogens with zero attached hydrogens (tertiary/aromatic N) is 1. The number of rotatable bonds is 1. The Labute approximate surface area is 174 Å². The number of hydrogen-bond acceptors (Lipinski definition) is 3. The van der Waals surface area contributed by atoms with Gasteiger partial charge in [-0.25, -0.2) is 0 Å². The highest BCUT2D eigenvalue weighted by molar-refractivity contribution is 6.62. The molecule has 0 amide bonds. The van der Waals surface area contributed by atoms with Crippen molar-refractivity contribution in [3.05, 3.63) is 71.0 Å². The first-order chi connectivity index (χ1) is 14.3. The van der Waals surface area contributed by atoms with E-state index >= 15 is 0 Å². The Bertz CT molecular complexity index is 1520. The van der Waals surface area contributed by atoms with Crippen molar-refractivity contribution in [3.63, 3.8) is 0 Å². The fourth-order valence-corrected chi connectivity index (χ4v) is 4.66. The fourth-order valence-electron chi connectivity index (χ4n) is 4.66. The second kappa shape index (κ2) is 5.62. The van der Waals surface area contributed by atoms with Gasteiger partial charge in [-0.3, -0.25) is 9.20 Å². The average molecular weight is 395 g/mol. The van der Waals surface area contributed by atoms with Crippen LogP contribution < -0.4 is 11.0 Å². The maximum absolute atomic E-state index is 13.5. The highest BCUT2D eigenvalue weighted by atomic mass is 16.7. The van der Waals surface area contributed by atoms with Crippen LogP contribution in [0, 0.1) is 0 Å². The molecule has 3 aromatic carbocycles. The summed E-state index contributed by atoms with van der Waals surface area (Å²) in [4.78, 5) is 13.5. The number of pyridine rings is 1. The monoisotopic (exact) mass is 395 g/mol. The van der Waals surface area contributed by atoms with E-state index in [-0.39, 0.29) is 5.56 Å². The smallest absolute Gasteiger partial charge is 0.399 e. The van der Waals surface area contributed by atoms with Crippen LogP contribution in [0.3, 0.4) is 0 Å². The molecule has 1 saturated heterocycles. The first-order valence-electron chi connectivity index (χ1n) is 10.4. The number of hydrogen-bond donors (Lipinski definition) is 0. The predicted octanol–water partition coefficient (Wildman–Crippen LogP) is 4.50. The lowest BCUT2D eigenvalue weighted by Crippen LogP contribution is -2.41. The molecule has 5 heteroatoms. The van der Waals surface area contributed by atoms with E-state index in [1.165, 1.54) is 0 Å². The second-order valence-corrected chi connectivity index (χ2v) is 9.25. The van der Waals surface area contributed by atoms with E-state index in [0.29, 0.717) is 0 Å². The van der Waals surface area contributed by atoms with Crippen LogP contribution in [0.25, 0.3) is 38.0 Å². The zero-order chi connectivity index (χ0) is 20.8. The Balaban J connectivity index is 1.70. The van der Waals surface area contributed by atoms with E-state index in [1.807, 2.05) is 62.4 Å². The highest BCUT2D eigenvalue weighted by Crippen LogP contribution is 2.37. The lowest BCUT2D eigenvalue weighted by Gasteiger charge is -2.32. The van der Waals surface area contributed by atoms with Gasteiger partial charge in [-0.05, 0) is 50.7 Å². The molecule has 1 fully saturated rings. The molecule has 1 aliphatic heterocycles. The molecule has 0 bridgehead atoms. The standard InChI is InChI=1S/C25H22BNO3/c1-24(2)25(3,4)30-26(29-24)15-12-13-17-19-11-7-10-18-16-8-5-6-9-20(16)23(28)27(22(18)19)21(17)14-15/h5-14H,1-4H3. The lowest BCUT2D eigenvalue weighted by atomic mass is 9.79. The summed E-state index contributed by atoms with van der Waals surface area (Å²) in [6, 6.07) is 20.3. The number of aromatic nitrogens is 1. The van der Waals surface area contributed by atoms with E-state index < -0.39 is 18.3 Å². The summed E-state index contributed by atoms with van der Waals surface area (Å²) >= 11 is 0. The fraction of sp³-hybridized carbons (Fsp3) is 0.240. The first kappa shape index (κ1) is 17.9. The van der Waals surface area contributed by atoms with Crippen molar-refractivity contribution in [3.8, 4) is 0 Å². The van der Waals surface area contributed by atoms with Crippen molar-refractivity contribution in [2.75, 3.05) is 0 Å². The summed E-state index contributed by atoms with van der Waals surface area (Å²) < 4.78 is 14.4. The van der Waals surface area contributed by atoms with Gasteiger partial charge in [-0.1, -0.05) is 48.5 Å². The normalized spacial score (nSPS) is 18.3. The highest BCUT2D eigenvalue weighted by Gasteiger charge is 2.51. The molecule has 0 atom stereocenters. The molecular formula is C25H22BNO3. The van der Waals surface area contributed by atoms with Crippen LogP contribution in [0.1, 0.15) is 27.7 Å². The molecule has 1 aliphatic rings. The summed E-state index contributed by atoms with van der Waals surface area (Å²) in [7, 11) is -0.462. The number of fused-ring (bicyclic) bond motifs is 5. The van der Waals surface area contributed by atoms with Gasteiger partial charge in [0.25, 0.3) is 5.56 Å². The van der Waals surface area contributed by atoms with E-state index in [1.54, 1.807) is 0 Å². The second-order valence-electron chi connectivity index (χ2n) is 9.25. The van der Waals surface area contributed by atoms with Crippen LogP contribution >= 0.6 is 0 Å². The summed E-state index contributed by atoms with van der Waals surface area (Å²) in [6.07, 6.45) is 0. The topological polar surface area (TPSA) is 39.9 Å². The van der Waals surface area contributed by atoms with Crippen LogP contribution in [0.2, 0.25) is 0 Å². The van der Waals surface area contributed by atoms with Gasteiger partial charge in [-0.2, -0.15) is 0 Å². The molecule has 148 valence electrons. The zero-order valence-electron chi connectivity index (χ0n) is 17.5. The molecule has 0 aliphatic carbocycles. The van der Waals surface area contributed by atoms with Gasteiger partial charge in [-0.15, -0.1) is 0 Å². The molecular weight excluding hydrogens is 373 g/mol. The zero-order valence-corrected chi connectivity index (χ0v) is 17.5. The maximum atomic E-state index is 13.5. The quantitative estimate of drug-likeness (QED) is 0.310. The van der Waals surface area contributed by atoms with Crippen molar-refractivity contribution in [2.24, 2.45) is 0 Å². The lowest BCUT2D eigenvalue weighted by molar-refractivity contribution is 0.00578. The molecule has 5 aromatic rings. The number of benzene rings is 3. The third kappa shape index (κ3) is 2.17. The van der Waals surface area contributed by atoms with Crippen molar-refractivity contribution in [1.29, 1.82) is 0 Å². The summed E-state index contributed by atoms with van der Waals surface area (Å²) in [6.45, 7) is 8.20. The minimum absolute atomic E-state index is 0.00960. The van der Waals surface area contributed by atoms with Gasteiger partial charge in [0.2, 0.25) is 0 Å². The van der Waals surface area contributed by atoms with Crippen LogP contribution in [0.4, 0.5) is 0 Å². The SMILES string of the molecule is CC1(C)OB(c2ccc3c4cccc5c6ccccc6c(=O)n(c3c2)c54)OC1(C)C.